The SMILES string of the molecule is CCNc1ccc(C(=O)N2CCCC(C(C)C)CC2)cc1. The Morgan fingerprint density at radius 3 is 2.57 bits per heavy atom. The molecule has 116 valence electrons. The second kappa shape index (κ2) is 7.48. The number of carbonyl (C=O) groups excluding carboxylic acids is 1. The molecule has 1 aromatic rings. The third-order valence-electron chi connectivity index (χ3n) is 4.52. The number of hydrogen-bond donors (Lipinski definition) is 1. The lowest BCUT2D eigenvalue weighted by atomic mass is 9.89. The molecule has 0 bridgehead atoms. The summed E-state index contributed by atoms with van der Waals surface area (Å²) in [6, 6.07) is 7.85. The van der Waals surface area contributed by atoms with Crippen molar-refractivity contribution in [1.82, 2.24) is 4.90 Å². The largest absolute Gasteiger partial charge is 0.385 e. The highest BCUT2D eigenvalue weighted by Gasteiger charge is 2.22. The van der Waals surface area contributed by atoms with E-state index in [9.17, 15) is 4.79 Å². The fourth-order valence-corrected chi connectivity index (χ4v) is 3.11. The predicted molar refractivity (Wildman–Crippen MR) is 88.7 cm³/mol. The van der Waals surface area contributed by atoms with Gasteiger partial charge in [0.05, 0.1) is 0 Å². The molecule has 0 aromatic heterocycles. The summed E-state index contributed by atoms with van der Waals surface area (Å²) in [4.78, 5) is 14.6. The van der Waals surface area contributed by atoms with Gasteiger partial charge < -0.3 is 10.2 Å². The van der Waals surface area contributed by atoms with Crippen LogP contribution in [0.4, 0.5) is 5.69 Å². The van der Waals surface area contributed by atoms with Crippen LogP contribution in [0.15, 0.2) is 24.3 Å². The first kappa shape index (κ1) is 15.9. The van der Waals surface area contributed by atoms with Gasteiger partial charge in [-0.1, -0.05) is 13.8 Å². The van der Waals surface area contributed by atoms with Crippen molar-refractivity contribution in [3.8, 4) is 0 Å². The van der Waals surface area contributed by atoms with Crippen molar-refractivity contribution in [3.63, 3.8) is 0 Å². The molecule has 1 aliphatic heterocycles. The number of hydrogen-bond acceptors (Lipinski definition) is 2. The number of nitrogens with one attached hydrogen (secondary N) is 1. The Balaban J connectivity index is 1.99. The second-order valence-electron chi connectivity index (χ2n) is 6.33. The summed E-state index contributed by atoms with van der Waals surface area (Å²) in [6.07, 6.45) is 3.52. The molecule has 1 N–H and O–H groups in total. The normalized spacial score (nSPS) is 19.4. The third kappa shape index (κ3) is 4.23. The lowest BCUT2D eigenvalue weighted by molar-refractivity contribution is 0.0759. The first-order chi connectivity index (χ1) is 10.1. The molecule has 1 aliphatic rings. The van der Waals surface area contributed by atoms with Crippen molar-refractivity contribution >= 4 is 11.6 Å². The van der Waals surface area contributed by atoms with Crippen LogP contribution in [0.3, 0.4) is 0 Å². The molecule has 1 heterocycles. The van der Waals surface area contributed by atoms with Gasteiger partial charge in [-0.15, -0.1) is 0 Å². The molecular formula is C18H28N2O. The average molecular weight is 288 g/mol. The van der Waals surface area contributed by atoms with Gasteiger partial charge in [-0.2, -0.15) is 0 Å². The first-order valence-electron chi connectivity index (χ1n) is 8.25. The predicted octanol–water partition coefficient (Wildman–Crippen LogP) is 4.02. The van der Waals surface area contributed by atoms with Gasteiger partial charge in [-0.3, -0.25) is 4.79 Å². The van der Waals surface area contributed by atoms with Crippen LogP contribution in [0, 0.1) is 11.8 Å². The highest BCUT2D eigenvalue weighted by atomic mass is 16.2. The van der Waals surface area contributed by atoms with E-state index in [-0.39, 0.29) is 5.91 Å². The topological polar surface area (TPSA) is 32.3 Å². The van der Waals surface area contributed by atoms with E-state index in [0.29, 0.717) is 0 Å². The lowest BCUT2D eigenvalue weighted by Gasteiger charge is -2.21. The van der Waals surface area contributed by atoms with Crippen LogP contribution in [0.25, 0.3) is 0 Å². The van der Waals surface area contributed by atoms with E-state index in [2.05, 4.69) is 26.1 Å². The molecule has 1 fully saturated rings. The Morgan fingerprint density at radius 2 is 1.95 bits per heavy atom. The summed E-state index contributed by atoms with van der Waals surface area (Å²) < 4.78 is 0. The summed E-state index contributed by atoms with van der Waals surface area (Å²) in [6.45, 7) is 9.36. The number of benzene rings is 1. The van der Waals surface area contributed by atoms with Crippen molar-refractivity contribution in [1.29, 1.82) is 0 Å². The molecule has 0 saturated carbocycles. The summed E-state index contributed by atoms with van der Waals surface area (Å²) in [7, 11) is 0. The minimum Gasteiger partial charge on any atom is -0.385 e. The Kier molecular flexibility index (Phi) is 5.66. The monoisotopic (exact) mass is 288 g/mol. The summed E-state index contributed by atoms with van der Waals surface area (Å²) >= 11 is 0. The Morgan fingerprint density at radius 1 is 1.24 bits per heavy atom. The molecule has 3 heteroatoms. The van der Waals surface area contributed by atoms with Gasteiger partial charge in [0.25, 0.3) is 5.91 Å². The number of amides is 1. The van der Waals surface area contributed by atoms with Gasteiger partial charge in [-0.25, -0.2) is 0 Å². The molecule has 0 radical (unpaired) electrons. The van der Waals surface area contributed by atoms with E-state index < -0.39 is 0 Å². The van der Waals surface area contributed by atoms with Crippen LogP contribution in [0.5, 0.6) is 0 Å². The van der Waals surface area contributed by atoms with E-state index in [1.54, 1.807) is 0 Å². The van der Waals surface area contributed by atoms with E-state index in [1.165, 1.54) is 6.42 Å². The van der Waals surface area contributed by atoms with Gasteiger partial charge >= 0.3 is 0 Å². The van der Waals surface area contributed by atoms with Crippen LogP contribution in [-0.2, 0) is 0 Å². The highest BCUT2D eigenvalue weighted by molar-refractivity contribution is 5.94. The fourth-order valence-electron chi connectivity index (χ4n) is 3.11. The van der Waals surface area contributed by atoms with Gasteiger partial charge in [0.15, 0.2) is 0 Å². The summed E-state index contributed by atoms with van der Waals surface area (Å²) in [5, 5.41) is 3.26. The molecular weight excluding hydrogens is 260 g/mol. The Labute approximate surface area is 128 Å². The second-order valence-corrected chi connectivity index (χ2v) is 6.33. The standard InChI is InChI=1S/C18H28N2O/c1-4-19-17-9-7-16(8-10-17)18(21)20-12-5-6-15(11-13-20)14(2)3/h7-10,14-15,19H,4-6,11-13H2,1-3H3. The molecule has 0 spiro atoms. The van der Waals surface area contributed by atoms with Gasteiger partial charge in [0.2, 0.25) is 0 Å². The van der Waals surface area contributed by atoms with E-state index in [1.807, 2.05) is 29.2 Å². The van der Waals surface area contributed by atoms with Gasteiger partial charge in [0.1, 0.15) is 0 Å². The fraction of sp³-hybridized carbons (Fsp3) is 0.611. The van der Waals surface area contributed by atoms with E-state index >= 15 is 0 Å². The van der Waals surface area contributed by atoms with Crippen molar-refractivity contribution in [2.45, 2.75) is 40.0 Å². The number of anilines is 1. The van der Waals surface area contributed by atoms with Gasteiger partial charge in [0, 0.05) is 30.9 Å². The van der Waals surface area contributed by atoms with Crippen LogP contribution in [-0.4, -0.2) is 30.4 Å². The maximum atomic E-state index is 12.6. The summed E-state index contributed by atoms with van der Waals surface area (Å²) in [5.74, 6) is 1.67. The molecule has 1 saturated heterocycles. The van der Waals surface area contributed by atoms with Crippen molar-refractivity contribution in [2.24, 2.45) is 11.8 Å². The molecule has 1 aromatic carbocycles. The number of carbonyl (C=O) groups is 1. The van der Waals surface area contributed by atoms with E-state index in [0.717, 1.165) is 55.6 Å². The zero-order chi connectivity index (χ0) is 15.2. The van der Waals surface area contributed by atoms with Crippen molar-refractivity contribution < 1.29 is 4.79 Å². The van der Waals surface area contributed by atoms with Crippen LogP contribution in [0.2, 0.25) is 0 Å². The third-order valence-corrected chi connectivity index (χ3v) is 4.52. The molecule has 3 nitrogen and oxygen atoms in total. The minimum absolute atomic E-state index is 0.183. The molecule has 1 amide bonds. The minimum atomic E-state index is 0.183. The van der Waals surface area contributed by atoms with Gasteiger partial charge in [-0.05, 0) is 62.3 Å². The highest BCUT2D eigenvalue weighted by Crippen LogP contribution is 2.25. The van der Waals surface area contributed by atoms with Crippen LogP contribution in [0.1, 0.15) is 50.4 Å². The maximum absolute atomic E-state index is 12.6. The smallest absolute Gasteiger partial charge is 0.253 e. The molecule has 1 atom stereocenters. The molecule has 21 heavy (non-hydrogen) atoms. The zero-order valence-corrected chi connectivity index (χ0v) is 13.6. The number of rotatable bonds is 4. The Bertz CT molecular complexity index is 453. The lowest BCUT2D eigenvalue weighted by Crippen LogP contribution is -2.32. The molecule has 1 unspecified atom stereocenters. The quantitative estimate of drug-likeness (QED) is 0.907. The average Bonchev–Trinajstić information content (AvgIpc) is 2.73. The molecule has 2 rings (SSSR count). The van der Waals surface area contributed by atoms with Crippen molar-refractivity contribution in [3.05, 3.63) is 29.8 Å². The maximum Gasteiger partial charge on any atom is 0.253 e. The first-order valence-corrected chi connectivity index (χ1v) is 8.25. The van der Waals surface area contributed by atoms with Crippen LogP contribution < -0.4 is 5.32 Å². The number of likely N-dealkylation sites (tertiary alicyclic amines) is 1. The van der Waals surface area contributed by atoms with Crippen LogP contribution >= 0.6 is 0 Å². The Hall–Kier alpha value is -1.51. The molecule has 0 aliphatic carbocycles. The summed E-state index contributed by atoms with van der Waals surface area (Å²) in [5.41, 5.74) is 1.88. The van der Waals surface area contributed by atoms with Crippen molar-refractivity contribution in [2.75, 3.05) is 25.0 Å². The zero-order valence-electron chi connectivity index (χ0n) is 13.6. The van der Waals surface area contributed by atoms with E-state index in [4.69, 9.17) is 0 Å². The number of nitrogens with zero attached hydrogens (tertiary/aromatic N) is 1.